The molecule has 5 heteroatoms. The van der Waals surface area contributed by atoms with Crippen molar-refractivity contribution in [1.29, 1.82) is 0 Å². The number of hydroxylamine groups is 2. The van der Waals surface area contributed by atoms with Crippen molar-refractivity contribution in [3.05, 3.63) is 42.1 Å². The lowest BCUT2D eigenvalue weighted by Crippen LogP contribution is -2.25. The third-order valence-electron chi connectivity index (χ3n) is 1.73. The van der Waals surface area contributed by atoms with Crippen molar-refractivity contribution in [2.45, 2.75) is 6.61 Å². The minimum Gasteiger partial charge on any atom is -0.480 e. The summed E-state index contributed by atoms with van der Waals surface area (Å²) in [5.41, 5.74) is 0.886. The SMILES string of the molecule is O=C=CN(CC(=O)O)OCc1ccccc1. The van der Waals surface area contributed by atoms with Crippen LogP contribution in [0.1, 0.15) is 5.56 Å². The van der Waals surface area contributed by atoms with Gasteiger partial charge in [-0.1, -0.05) is 30.3 Å². The van der Waals surface area contributed by atoms with E-state index < -0.39 is 12.5 Å². The van der Waals surface area contributed by atoms with E-state index in [2.05, 4.69) is 0 Å². The minimum absolute atomic E-state index is 0.201. The highest BCUT2D eigenvalue weighted by Gasteiger charge is 2.06. The van der Waals surface area contributed by atoms with E-state index in [9.17, 15) is 9.59 Å². The zero-order valence-electron chi connectivity index (χ0n) is 8.50. The molecule has 0 bridgehead atoms. The number of carboxylic acids is 1. The monoisotopic (exact) mass is 221 g/mol. The van der Waals surface area contributed by atoms with Crippen molar-refractivity contribution in [3.8, 4) is 0 Å². The Morgan fingerprint density at radius 2 is 2.12 bits per heavy atom. The van der Waals surface area contributed by atoms with Crippen LogP contribution >= 0.6 is 0 Å². The van der Waals surface area contributed by atoms with E-state index in [0.717, 1.165) is 16.8 Å². The number of hydrogen-bond donors (Lipinski definition) is 1. The number of aliphatic carboxylic acids is 1. The van der Waals surface area contributed by atoms with Crippen LogP contribution in [0.3, 0.4) is 0 Å². The Bertz CT molecular complexity index is 384. The van der Waals surface area contributed by atoms with Crippen molar-refractivity contribution in [2.24, 2.45) is 0 Å². The van der Waals surface area contributed by atoms with Crippen molar-refractivity contribution < 1.29 is 19.5 Å². The largest absolute Gasteiger partial charge is 0.480 e. The van der Waals surface area contributed by atoms with Crippen LogP contribution in [-0.2, 0) is 21.0 Å². The number of nitrogens with zero attached hydrogens (tertiary/aromatic N) is 1. The first-order chi connectivity index (χ1) is 7.72. The maximum atomic E-state index is 10.4. The molecule has 0 amide bonds. The Morgan fingerprint density at radius 3 is 2.69 bits per heavy atom. The molecule has 5 nitrogen and oxygen atoms in total. The van der Waals surface area contributed by atoms with Crippen LogP contribution in [0, 0.1) is 0 Å². The second kappa shape index (κ2) is 6.40. The van der Waals surface area contributed by atoms with Gasteiger partial charge in [-0.25, -0.2) is 9.86 Å². The van der Waals surface area contributed by atoms with Crippen LogP contribution in [0.5, 0.6) is 0 Å². The van der Waals surface area contributed by atoms with Crippen LogP contribution in [0.2, 0.25) is 0 Å². The molecule has 0 aliphatic carbocycles. The molecule has 0 unspecified atom stereocenters. The fourth-order valence-electron chi connectivity index (χ4n) is 1.05. The quantitative estimate of drug-likeness (QED) is 0.569. The molecule has 0 aliphatic heterocycles. The highest BCUT2D eigenvalue weighted by molar-refractivity contribution is 5.69. The summed E-state index contributed by atoms with van der Waals surface area (Å²) in [4.78, 5) is 25.7. The molecule has 84 valence electrons. The van der Waals surface area contributed by atoms with Gasteiger partial charge in [-0.15, -0.1) is 0 Å². The van der Waals surface area contributed by atoms with Gasteiger partial charge in [0.1, 0.15) is 18.7 Å². The molecule has 1 aromatic rings. The van der Waals surface area contributed by atoms with E-state index in [1.165, 1.54) is 5.94 Å². The van der Waals surface area contributed by atoms with Crippen molar-refractivity contribution >= 4 is 11.9 Å². The van der Waals surface area contributed by atoms with Gasteiger partial charge in [0.2, 0.25) is 0 Å². The van der Waals surface area contributed by atoms with Gasteiger partial charge < -0.3 is 5.11 Å². The highest BCUT2D eigenvalue weighted by Crippen LogP contribution is 2.02. The predicted molar refractivity (Wildman–Crippen MR) is 55.8 cm³/mol. The summed E-state index contributed by atoms with van der Waals surface area (Å²) in [6.07, 6.45) is 0.914. The number of carboxylic acid groups (broad SMARTS) is 1. The lowest BCUT2D eigenvalue weighted by molar-refractivity contribution is -0.162. The van der Waals surface area contributed by atoms with Gasteiger partial charge in [0, 0.05) is 0 Å². The lowest BCUT2D eigenvalue weighted by Gasteiger charge is -2.15. The molecule has 1 rings (SSSR count). The van der Waals surface area contributed by atoms with E-state index in [4.69, 9.17) is 9.94 Å². The summed E-state index contributed by atoms with van der Waals surface area (Å²) in [6.45, 7) is -0.200. The summed E-state index contributed by atoms with van der Waals surface area (Å²) < 4.78 is 0. The van der Waals surface area contributed by atoms with Crippen LogP contribution < -0.4 is 0 Å². The molecule has 16 heavy (non-hydrogen) atoms. The fourth-order valence-corrected chi connectivity index (χ4v) is 1.05. The average molecular weight is 221 g/mol. The van der Waals surface area contributed by atoms with Crippen LogP contribution in [-0.4, -0.2) is 28.6 Å². The van der Waals surface area contributed by atoms with Gasteiger partial charge in [-0.2, -0.15) is 0 Å². The highest BCUT2D eigenvalue weighted by atomic mass is 16.7. The normalized spacial score (nSPS) is 9.25. The van der Waals surface area contributed by atoms with Gasteiger partial charge in [0.05, 0.1) is 6.61 Å². The molecule has 0 saturated carbocycles. The number of carbonyl (C=O) groups is 1. The van der Waals surface area contributed by atoms with E-state index >= 15 is 0 Å². The molecule has 0 saturated heterocycles. The first-order valence-corrected chi connectivity index (χ1v) is 4.58. The second-order valence-corrected chi connectivity index (χ2v) is 2.97. The molecular weight excluding hydrogens is 210 g/mol. The number of carbonyl (C=O) groups excluding carboxylic acids is 1. The van der Waals surface area contributed by atoms with E-state index in [-0.39, 0.29) is 6.61 Å². The van der Waals surface area contributed by atoms with Crippen LogP contribution in [0.25, 0.3) is 0 Å². The molecule has 0 heterocycles. The first kappa shape index (κ1) is 12.0. The molecule has 1 N–H and O–H groups in total. The average Bonchev–Trinajstić information content (AvgIpc) is 2.27. The maximum Gasteiger partial charge on any atom is 0.325 e. The van der Waals surface area contributed by atoms with Crippen LogP contribution in [0.15, 0.2) is 36.5 Å². The Morgan fingerprint density at radius 1 is 1.44 bits per heavy atom. The van der Waals surface area contributed by atoms with Gasteiger partial charge in [0.15, 0.2) is 0 Å². The molecular formula is C11H11NO4. The Labute approximate surface area is 92.5 Å². The lowest BCUT2D eigenvalue weighted by atomic mass is 10.2. The zero-order valence-corrected chi connectivity index (χ0v) is 8.50. The molecule has 0 aliphatic rings. The maximum absolute atomic E-state index is 10.4. The Kier molecular flexibility index (Phi) is 4.79. The van der Waals surface area contributed by atoms with Gasteiger partial charge in [-0.05, 0) is 5.56 Å². The van der Waals surface area contributed by atoms with Crippen LogP contribution in [0.4, 0.5) is 0 Å². The van der Waals surface area contributed by atoms with Gasteiger partial charge >= 0.3 is 5.97 Å². The Hall–Kier alpha value is -2.10. The predicted octanol–water partition coefficient (Wildman–Crippen LogP) is 0.850. The van der Waals surface area contributed by atoms with Gasteiger partial charge in [0.25, 0.3) is 0 Å². The summed E-state index contributed by atoms with van der Waals surface area (Å²) in [6, 6.07) is 9.22. The molecule has 0 fully saturated rings. The first-order valence-electron chi connectivity index (χ1n) is 4.58. The van der Waals surface area contributed by atoms with Crippen molar-refractivity contribution in [3.63, 3.8) is 0 Å². The molecule has 1 aromatic carbocycles. The third-order valence-corrected chi connectivity index (χ3v) is 1.73. The summed E-state index contributed by atoms with van der Waals surface area (Å²) in [5, 5.41) is 9.47. The second-order valence-electron chi connectivity index (χ2n) is 2.97. The molecule has 0 atom stereocenters. The standard InChI is InChI=1S/C11H11NO4/c13-7-6-12(8-11(14)15)16-9-10-4-2-1-3-5-10/h1-6H,8-9H2,(H,14,15). The summed E-state index contributed by atoms with van der Waals surface area (Å²) in [5.74, 6) is 0.388. The van der Waals surface area contributed by atoms with E-state index in [0.29, 0.717) is 0 Å². The topological polar surface area (TPSA) is 66.8 Å². The Balaban J connectivity index is 2.50. The van der Waals surface area contributed by atoms with E-state index in [1.54, 1.807) is 0 Å². The smallest absolute Gasteiger partial charge is 0.325 e. The molecule has 0 aromatic heterocycles. The fraction of sp³-hybridized carbons (Fsp3) is 0.182. The minimum atomic E-state index is -1.08. The summed E-state index contributed by atoms with van der Waals surface area (Å²) >= 11 is 0. The van der Waals surface area contributed by atoms with Gasteiger partial charge in [-0.3, -0.25) is 9.63 Å². The molecule has 0 radical (unpaired) electrons. The summed E-state index contributed by atoms with van der Waals surface area (Å²) in [7, 11) is 0. The van der Waals surface area contributed by atoms with Crippen molar-refractivity contribution in [2.75, 3.05) is 6.54 Å². The molecule has 0 spiro atoms. The third kappa shape index (κ3) is 4.41. The number of hydrogen-bond acceptors (Lipinski definition) is 4. The zero-order chi connectivity index (χ0) is 11.8. The van der Waals surface area contributed by atoms with Crippen molar-refractivity contribution in [1.82, 2.24) is 5.06 Å². The number of benzene rings is 1. The van der Waals surface area contributed by atoms with E-state index in [1.807, 2.05) is 30.3 Å². The number of rotatable bonds is 6.